The van der Waals surface area contributed by atoms with Gasteiger partial charge < -0.3 is 4.90 Å². The molecule has 28 heavy (non-hydrogen) atoms. The van der Waals surface area contributed by atoms with Crippen molar-refractivity contribution < 1.29 is 4.79 Å². The molecule has 0 atom stereocenters. The molecule has 0 unspecified atom stereocenters. The van der Waals surface area contributed by atoms with Gasteiger partial charge in [0, 0.05) is 12.1 Å². The fourth-order valence-corrected chi connectivity index (χ4v) is 4.02. The van der Waals surface area contributed by atoms with Crippen molar-refractivity contribution in [3.05, 3.63) is 59.2 Å². The predicted octanol–water partition coefficient (Wildman–Crippen LogP) is 4.33. The number of hydrogen-bond donors (Lipinski definition) is 0. The maximum absolute atomic E-state index is 13.2. The van der Waals surface area contributed by atoms with E-state index in [9.17, 15) is 4.79 Å². The van der Waals surface area contributed by atoms with E-state index in [1.54, 1.807) is 40.5 Å². The van der Waals surface area contributed by atoms with Crippen molar-refractivity contribution in [3.63, 3.8) is 0 Å². The first-order chi connectivity index (χ1) is 13.5. The van der Waals surface area contributed by atoms with Crippen LogP contribution in [0, 0.1) is 11.3 Å². The maximum atomic E-state index is 13.2. The van der Waals surface area contributed by atoms with Crippen LogP contribution in [0.2, 0.25) is 0 Å². The zero-order valence-corrected chi connectivity index (χ0v) is 17.3. The van der Waals surface area contributed by atoms with Crippen LogP contribution < -0.4 is 4.90 Å². The van der Waals surface area contributed by atoms with Gasteiger partial charge in [-0.05, 0) is 75.4 Å². The van der Waals surface area contributed by atoms with E-state index in [-0.39, 0.29) is 5.91 Å². The minimum absolute atomic E-state index is 0.0852. The highest BCUT2D eigenvalue weighted by Crippen LogP contribution is 2.31. The SMILES string of the molecule is CCc1ccc2nc(N(CCCN(C)C)C(=O)c3ccc(C#N)cc3)sc2c1. The maximum Gasteiger partial charge on any atom is 0.260 e. The Bertz CT molecular complexity index is 1000. The lowest BCUT2D eigenvalue weighted by Crippen LogP contribution is -2.33. The fraction of sp³-hybridized carbons (Fsp3) is 0.318. The number of benzene rings is 2. The topological polar surface area (TPSA) is 60.2 Å². The number of nitriles is 1. The van der Waals surface area contributed by atoms with Crippen molar-refractivity contribution in [2.45, 2.75) is 19.8 Å². The van der Waals surface area contributed by atoms with Gasteiger partial charge in [-0.15, -0.1) is 0 Å². The summed E-state index contributed by atoms with van der Waals surface area (Å²) in [6.07, 6.45) is 1.82. The van der Waals surface area contributed by atoms with Crippen molar-refractivity contribution in [2.24, 2.45) is 0 Å². The van der Waals surface area contributed by atoms with Crippen LogP contribution in [0.5, 0.6) is 0 Å². The summed E-state index contributed by atoms with van der Waals surface area (Å²) >= 11 is 1.55. The highest BCUT2D eigenvalue weighted by atomic mass is 32.1. The minimum Gasteiger partial charge on any atom is -0.309 e. The van der Waals surface area contributed by atoms with Gasteiger partial charge in [-0.25, -0.2) is 4.98 Å². The average molecular weight is 393 g/mol. The monoisotopic (exact) mass is 392 g/mol. The van der Waals surface area contributed by atoms with Crippen LogP contribution in [-0.2, 0) is 6.42 Å². The van der Waals surface area contributed by atoms with E-state index in [0.29, 0.717) is 17.7 Å². The first-order valence-corrected chi connectivity index (χ1v) is 10.2. The second kappa shape index (κ2) is 8.96. The zero-order valence-electron chi connectivity index (χ0n) is 16.5. The molecule has 3 rings (SSSR count). The van der Waals surface area contributed by atoms with Gasteiger partial charge in [-0.2, -0.15) is 5.26 Å². The second-order valence-corrected chi connectivity index (χ2v) is 7.96. The van der Waals surface area contributed by atoms with Crippen LogP contribution in [-0.4, -0.2) is 43.0 Å². The molecule has 0 aliphatic heterocycles. The number of nitrogens with zero attached hydrogens (tertiary/aromatic N) is 4. The van der Waals surface area contributed by atoms with Crippen molar-refractivity contribution in [1.29, 1.82) is 5.26 Å². The largest absolute Gasteiger partial charge is 0.309 e. The number of fused-ring (bicyclic) bond motifs is 1. The first kappa shape index (κ1) is 20.0. The Labute approximate surface area is 169 Å². The molecule has 2 aromatic carbocycles. The van der Waals surface area contributed by atoms with Gasteiger partial charge >= 0.3 is 0 Å². The number of aryl methyl sites for hydroxylation is 1. The first-order valence-electron chi connectivity index (χ1n) is 9.38. The summed E-state index contributed by atoms with van der Waals surface area (Å²) < 4.78 is 1.10. The molecule has 3 aromatic rings. The Morgan fingerprint density at radius 2 is 1.89 bits per heavy atom. The van der Waals surface area contributed by atoms with Gasteiger partial charge in [0.25, 0.3) is 5.91 Å². The van der Waals surface area contributed by atoms with E-state index in [1.807, 2.05) is 20.2 Å². The molecule has 0 radical (unpaired) electrons. The van der Waals surface area contributed by atoms with E-state index in [4.69, 9.17) is 10.2 Å². The summed E-state index contributed by atoms with van der Waals surface area (Å²) in [6, 6.07) is 15.1. The van der Waals surface area contributed by atoms with Crippen LogP contribution >= 0.6 is 11.3 Å². The number of anilines is 1. The molecule has 0 saturated carbocycles. The number of hydrogen-bond acceptors (Lipinski definition) is 5. The van der Waals surface area contributed by atoms with Gasteiger partial charge in [0.15, 0.2) is 5.13 Å². The minimum atomic E-state index is -0.0852. The molecule has 0 aliphatic rings. The number of carbonyl (C=O) groups excluding carboxylic acids is 1. The number of carbonyl (C=O) groups is 1. The van der Waals surface area contributed by atoms with E-state index >= 15 is 0 Å². The number of thiazole rings is 1. The molecule has 5 nitrogen and oxygen atoms in total. The number of amides is 1. The third-order valence-corrected chi connectivity index (χ3v) is 5.62. The lowest BCUT2D eigenvalue weighted by atomic mass is 10.1. The van der Waals surface area contributed by atoms with Crippen molar-refractivity contribution >= 4 is 32.6 Å². The quantitative estimate of drug-likeness (QED) is 0.600. The smallest absolute Gasteiger partial charge is 0.260 e. The summed E-state index contributed by atoms with van der Waals surface area (Å²) in [4.78, 5) is 21.8. The molecule has 0 spiro atoms. The molecular formula is C22H24N4OS. The van der Waals surface area contributed by atoms with E-state index < -0.39 is 0 Å². The van der Waals surface area contributed by atoms with E-state index in [1.165, 1.54) is 5.56 Å². The van der Waals surface area contributed by atoms with Crippen molar-refractivity contribution in [1.82, 2.24) is 9.88 Å². The molecule has 0 aliphatic carbocycles. The predicted molar refractivity (Wildman–Crippen MR) is 115 cm³/mol. The fourth-order valence-electron chi connectivity index (χ4n) is 2.96. The summed E-state index contributed by atoms with van der Waals surface area (Å²) in [6.45, 7) is 3.62. The summed E-state index contributed by atoms with van der Waals surface area (Å²) in [7, 11) is 4.05. The number of rotatable bonds is 7. The second-order valence-electron chi connectivity index (χ2n) is 6.95. The van der Waals surface area contributed by atoms with Crippen molar-refractivity contribution in [3.8, 4) is 6.07 Å². The Morgan fingerprint density at radius 3 is 2.54 bits per heavy atom. The molecule has 6 heteroatoms. The third-order valence-electron chi connectivity index (χ3n) is 4.57. The summed E-state index contributed by atoms with van der Waals surface area (Å²) in [5, 5.41) is 9.71. The zero-order chi connectivity index (χ0) is 20.1. The molecule has 1 heterocycles. The summed E-state index contributed by atoms with van der Waals surface area (Å²) in [5.74, 6) is -0.0852. The van der Waals surface area contributed by atoms with Gasteiger partial charge in [0.05, 0.1) is 21.8 Å². The van der Waals surface area contributed by atoms with Crippen LogP contribution in [0.3, 0.4) is 0 Å². The Morgan fingerprint density at radius 1 is 1.14 bits per heavy atom. The van der Waals surface area contributed by atoms with Gasteiger partial charge in [-0.3, -0.25) is 9.69 Å². The molecule has 1 amide bonds. The van der Waals surface area contributed by atoms with Crippen LogP contribution in [0.15, 0.2) is 42.5 Å². The lowest BCUT2D eigenvalue weighted by Gasteiger charge is -2.21. The lowest BCUT2D eigenvalue weighted by molar-refractivity contribution is 0.0986. The molecule has 0 saturated heterocycles. The molecule has 0 fully saturated rings. The van der Waals surface area contributed by atoms with E-state index in [0.717, 1.165) is 34.7 Å². The third kappa shape index (κ3) is 4.56. The molecule has 0 N–H and O–H groups in total. The molecule has 1 aromatic heterocycles. The van der Waals surface area contributed by atoms with Crippen LogP contribution in [0.25, 0.3) is 10.2 Å². The normalized spacial score (nSPS) is 11.0. The van der Waals surface area contributed by atoms with Crippen molar-refractivity contribution in [2.75, 3.05) is 32.1 Å². The van der Waals surface area contributed by atoms with Gasteiger partial charge in [0.1, 0.15) is 0 Å². The van der Waals surface area contributed by atoms with Crippen LogP contribution in [0.1, 0.15) is 34.8 Å². The Hall–Kier alpha value is -2.75. The Kier molecular flexibility index (Phi) is 6.40. The standard InChI is InChI=1S/C22H24N4OS/c1-4-16-8-11-19-20(14-16)28-22(24-19)26(13-5-12-25(2)3)21(27)18-9-6-17(15-23)7-10-18/h6-11,14H,4-5,12-13H2,1-3H3. The highest BCUT2D eigenvalue weighted by Gasteiger charge is 2.21. The average Bonchev–Trinajstić information content (AvgIpc) is 3.13. The molecular weight excluding hydrogens is 368 g/mol. The summed E-state index contributed by atoms with van der Waals surface area (Å²) in [5.41, 5.74) is 3.29. The number of aromatic nitrogens is 1. The van der Waals surface area contributed by atoms with Gasteiger partial charge in [0.2, 0.25) is 0 Å². The molecule has 0 bridgehead atoms. The van der Waals surface area contributed by atoms with Gasteiger partial charge in [-0.1, -0.05) is 24.3 Å². The molecule has 144 valence electrons. The highest BCUT2D eigenvalue weighted by molar-refractivity contribution is 7.22. The Balaban J connectivity index is 1.93. The van der Waals surface area contributed by atoms with E-state index in [2.05, 4.69) is 30.0 Å². The van der Waals surface area contributed by atoms with Crippen LogP contribution in [0.4, 0.5) is 5.13 Å².